The monoisotopic (exact) mass is 831 g/mol. The van der Waals surface area contributed by atoms with E-state index >= 15 is 0 Å². The number of rotatable bonds is 7. The largest absolute Gasteiger partial charge is 0.309 e. The van der Waals surface area contributed by atoms with Gasteiger partial charge in [0, 0.05) is 49.4 Å². The smallest absolute Gasteiger partial charge is 0.179 e. The summed E-state index contributed by atoms with van der Waals surface area (Å²) < 4.78 is 7.34. The lowest BCUT2D eigenvalue weighted by Gasteiger charge is -2.34. The Kier molecular flexibility index (Phi) is 8.23. The van der Waals surface area contributed by atoms with Gasteiger partial charge in [-0.05, 0) is 87.5 Å². The third-order valence-electron chi connectivity index (χ3n) is 13.6. The first-order chi connectivity index (χ1) is 31.8. The highest BCUT2D eigenvalue weighted by Gasteiger charge is 2.42. The Hall–Kier alpha value is -8.18. The van der Waals surface area contributed by atoms with Crippen molar-refractivity contribution in [2.45, 2.75) is 0 Å². The minimum absolute atomic E-state index is 1.14. The van der Waals surface area contributed by atoms with Gasteiger partial charge in [-0.3, -0.25) is 0 Å². The van der Waals surface area contributed by atoms with E-state index in [0.717, 1.165) is 11.4 Å². The van der Waals surface area contributed by atoms with E-state index in [1.165, 1.54) is 91.9 Å². The van der Waals surface area contributed by atoms with Crippen LogP contribution < -0.4 is 20.7 Å². The molecule has 0 N–H and O–H groups in total. The molecule has 0 amide bonds. The van der Waals surface area contributed by atoms with Crippen LogP contribution in [-0.4, -0.2) is 21.8 Å². The Morgan fingerprint density at radius 2 is 0.625 bits per heavy atom. The normalized spacial score (nSPS) is 12.1. The van der Waals surface area contributed by atoms with E-state index in [0.29, 0.717) is 0 Å². The summed E-state index contributed by atoms with van der Waals surface area (Å²) in [4.78, 5) is 0. The number of hydrogen-bond donors (Lipinski definition) is 0. The maximum atomic E-state index is 2.52. The van der Waals surface area contributed by atoms with Gasteiger partial charge < -0.3 is 13.7 Å². The molecule has 0 fully saturated rings. The maximum Gasteiger partial charge on any atom is 0.179 e. The van der Waals surface area contributed by atoms with Crippen LogP contribution in [0.5, 0.6) is 0 Å². The Labute approximate surface area is 372 Å². The molecule has 0 aliphatic carbocycles. The second-order valence-corrected chi connectivity index (χ2v) is 20.7. The molecular weight excluding hydrogens is 791 g/mol. The Bertz CT molecular complexity index is 3830. The summed E-state index contributed by atoms with van der Waals surface area (Å²) in [6, 6.07) is 92.3. The molecule has 0 atom stereocenters. The first-order valence-corrected chi connectivity index (χ1v) is 24.1. The fourth-order valence-electron chi connectivity index (χ4n) is 10.9. The summed E-state index contributed by atoms with van der Waals surface area (Å²) in [5.74, 6) is 0. The van der Waals surface area contributed by atoms with E-state index in [2.05, 4.69) is 262 Å². The second kappa shape index (κ2) is 14.5. The van der Waals surface area contributed by atoms with Gasteiger partial charge in [-0.2, -0.15) is 0 Å². The van der Waals surface area contributed by atoms with Crippen molar-refractivity contribution in [3.63, 3.8) is 0 Å². The van der Waals surface area contributed by atoms with Crippen molar-refractivity contribution >= 4 is 94.2 Å². The van der Waals surface area contributed by atoms with Crippen LogP contribution in [0, 0.1) is 0 Å². The van der Waals surface area contributed by atoms with Crippen molar-refractivity contribution in [3.8, 4) is 17.1 Å². The van der Waals surface area contributed by atoms with Crippen LogP contribution >= 0.6 is 0 Å². The lowest BCUT2D eigenvalue weighted by atomic mass is 10.1. The number of hydrogen-bond acceptors (Lipinski definition) is 0. The van der Waals surface area contributed by atoms with Crippen LogP contribution in [0.3, 0.4) is 0 Å². The minimum Gasteiger partial charge on any atom is -0.309 e. The van der Waals surface area contributed by atoms with Gasteiger partial charge in [0.15, 0.2) is 8.07 Å². The molecule has 4 heteroatoms. The van der Waals surface area contributed by atoms with Crippen LogP contribution in [0.4, 0.5) is 0 Å². The molecule has 3 nitrogen and oxygen atoms in total. The van der Waals surface area contributed by atoms with Crippen molar-refractivity contribution in [1.29, 1.82) is 0 Å². The molecule has 0 aliphatic rings. The molecule has 0 radical (unpaired) electrons. The molecule has 3 aromatic heterocycles. The maximum absolute atomic E-state index is 2.91. The Morgan fingerprint density at radius 3 is 1.23 bits per heavy atom. The molecule has 10 aromatic carbocycles. The van der Waals surface area contributed by atoms with E-state index < -0.39 is 8.07 Å². The summed E-state index contributed by atoms with van der Waals surface area (Å²) in [7, 11) is -2.91. The number of aromatic nitrogens is 3. The van der Waals surface area contributed by atoms with Crippen molar-refractivity contribution in [1.82, 2.24) is 13.7 Å². The van der Waals surface area contributed by atoms with E-state index in [4.69, 9.17) is 0 Å². The molecule has 13 aromatic rings. The molecular formula is C60H41N3Si. The average molecular weight is 832 g/mol. The summed E-state index contributed by atoms with van der Waals surface area (Å²) >= 11 is 0. The topological polar surface area (TPSA) is 14.8 Å². The lowest BCUT2D eigenvalue weighted by molar-refractivity contribution is 1.17. The molecule has 0 saturated carbocycles. The van der Waals surface area contributed by atoms with Crippen LogP contribution in [0.2, 0.25) is 0 Å². The first kappa shape index (κ1) is 36.5. The van der Waals surface area contributed by atoms with E-state index in [1.54, 1.807) is 0 Å². The van der Waals surface area contributed by atoms with E-state index in [1.807, 2.05) is 0 Å². The zero-order valence-electron chi connectivity index (χ0n) is 35.0. The van der Waals surface area contributed by atoms with Gasteiger partial charge in [-0.1, -0.05) is 182 Å². The van der Waals surface area contributed by atoms with Crippen molar-refractivity contribution in [3.05, 3.63) is 249 Å². The van der Waals surface area contributed by atoms with Crippen LogP contribution in [0.1, 0.15) is 0 Å². The molecule has 0 unspecified atom stereocenters. The van der Waals surface area contributed by atoms with Gasteiger partial charge >= 0.3 is 0 Å². The fourth-order valence-corrected chi connectivity index (χ4v) is 15.7. The summed E-state index contributed by atoms with van der Waals surface area (Å²) in [5, 5.41) is 13.0. The Morgan fingerprint density at radius 1 is 0.234 bits per heavy atom. The summed E-state index contributed by atoms with van der Waals surface area (Å²) in [6.07, 6.45) is 0. The van der Waals surface area contributed by atoms with Gasteiger partial charge in [-0.25, -0.2) is 0 Å². The molecule has 3 heterocycles. The van der Waals surface area contributed by atoms with Crippen molar-refractivity contribution < 1.29 is 0 Å². The predicted octanol–water partition coefficient (Wildman–Crippen LogP) is 12.4. The highest BCUT2D eigenvalue weighted by molar-refractivity contribution is 7.20. The van der Waals surface area contributed by atoms with Gasteiger partial charge in [0.2, 0.25) is 0 Å². The predicted molar refractivity (Wildman–Crippen MR) is 273 cm³/mol. The molecule has 300 valence electrons. The standard InChI is InChI=1S/C60H41N3Si/c1-5-19-42(20-6-1)61-54-30-16-14-28-50(54)53-41-48(37-39-57(53)61)64(45-23-9-3-10-24-45,46-25-11-4-12-26-46)47-35-33-44(34-36-47)62-56-32-18-15-29-52(56)59-58(62)40-38-51-49-27-13-17-31-55(49)63(60(51)59)43-21-7-2-8-22-43/h1-41H. The van der Waals surface area contributed by atoms with Gasteiger partial charge in [0.25, 0.3) is 0 Å². The van der Waals surface area contributed by atoms with Crippen molar-refractivity contribution in [2.24, 2.45) is 0 Å². The molecule has 0 saturated heterocycles. The number of benzene rings is 10. The third-order valence-corrected chi connectivity index (χ3v) is 18.4. The quantitative estimate of drug-likeness (QED) is 0.112. The SMILES string of the molecule is c1ccc(-n2c3ccccc3c3cc([Si](c4ccccc4)(c4ccccc4)c4ccc(-n5c6ccccc6c6c5ccc5c7ccccc7n(-c7ccccc7)c56)cc4)ccc32)cc1. The van der Waals surface area contributed by atoms with Crippen LogP contribution in [0.15, 0.2) is 249 Å². The molecule has 0 bridgehead atoms. The lowest BCUT2D eigenvalue weighted by Crippen LogP contribution is -2.74. The average Bonchev–Trinajstić information content (AvgIpc) is 4.01. The van der Waals surface area contributed by atoms with E-state index in [9.17, 15) is 0 Å². The first-order valence-electron chi connectivity index (χ1n) is 22.1. The number of nitrogens with zero attached hydrogens (tertiary/aromatic N) is 3. The molecule has 0 aliphatic heterocycles. The van der Waals surface area contributed by atoms with Crippen LogP contribution in [0.25, 0.3) is 82.5 Å². The highest BCUT2D eigenvalue weighted by Crippen LogP contribution is 2.42. The zero-order chi connectivity index (χ0) is 42.2. The van der Waals surface area contributed by atoms with Gasteiger partial charge in [0.05, 0.1) is 33.1 Å². The van der Waals surface area contributed by atoms with Crippen molar-refractivity contribution in [2.75, 3.05) is 0 Å². The van der Waals surface area contributed by atoms with Crippen LogP contribution in [-0.2, 0) is 0 Å². The number of fused-ring (bicyclic) bond motifs is 10. The Balaban J connectivity index is 1.06. The second-order valence-electron chi connectivity index (χ2n) is 16.8. The summed E-state index contributed by atoms with van der Waals surface area (Å²) in [6.45, 7) is 0. The summed E-state index contributed by atoms with van der Waals surface area (Å²) in [5.41, 5.74) is 10.7. The zero-order valence-corrected chi connectivity index (χ0v) is 36.0. The molecule has 64 heavy (non-hydrogen) atoms. The number of para-hydroxylation sites is 5. The molecule has 0 spiro atoms. The fraction of sp³-hybridized carbons (Fsp3) is 0. The van der Waals surface area contributed by atoms with E-state index in [-0.39, 0.29) is 0 Å². The highest BCUT2D eigenvalue weighted by atomic mass is 28.3. The third kappa shape index (κ3) is 5.27. The minimum atomic E-state index is -2.91. The molecule has 13 rings (SSSR count). The van der Waals surface area contributed by atoms with Gasteiger partial charge in [-0.15, -0.1) is 0 Å². The van der Waals surface area contributed by atoms with Gasteiger partial charge in [0.1, 0.15) is 0 Å².